The van der Waals surface area contributed by atoms with Gasteiger partial charge in [-0.2, -0.15) is 0 Å². The number of nitrogens with zero attached hydrogens (tertiary/aromatic N) is 2. The Balaban J connectivity index is 1.29. The van der Waals surface area contributed by atoms with E-state index < -0.39 is 10.0 Å². The summed E-state index contributed by atoms with van der Waals surface area (Å²) in [6.45, 7) is 1.28. The first-order valence-corrected chi connectivity index (χ1v) is 10.8. The molecule has 7 nitrogen and oxygen atoms in total. The molecule has 146 valence electrons. The fraction of sp³-hybridized carbons (Fsp3) is 0.300. The van der Waals surface area contributed by atoms with Crippen molar-refractivity contribution < 1.29 is 13.2 Å². The summed E-state index contributed by atoms with van der Waals surface area (Å²) in [6, 6.07) is 14.0. The average molecular weight is 398 g/mol. The molecule has 1 aliphatic carbocycles. The SMILES string of the molecule is O=C(NCCCn1cnc2ccccc21)c1ccc(S(=O)(=O)NC2CC2)cc1. The maximum absolute atomic E-state index is 12.3. The molecule has 1 heterocycles. The van der Waals surface area contributed by atoms with Crippen LogP contribution in [-0.4, -0.2) is 36.5 Å². The number of carbonyl (C=O) groups excluding carboxylic acids is 1. The molecular weight excluding hydrogens is 376 g/mol. The van der Waals surface area contributed by atoms with Crippen LogP contribution in [0.4, 0.5) is 0 Å². The number of hydrogen-bond donors (Lipinski definition) is 2. The van der Waals surface area contributed by atoms with Crippen molar-refractivity contribution in [3.63, 3.8) is 0 Å². The number of hydrogen-bond acceptors (Lipinski definition) is 4. The highest BCUT2D eigenvalue weighted by molar-refractivity contribution is 7.89. The molecule has 0 spiro atoms. The molecule has 1 aromatic heterocycles. The Hall–Kier alpha value is -2.71. The van der Waals surface area contributed by atoms with E-state index in [2.05, 4.69) is 19.6 Å². The molecule has 0 radical (unpaired) electrons. The zero-order chi connectivity index (χ0) is 19.6. The Labute approximate surface area is 163 Å². The molecule has 2 aromatic carbocycles. The Kier molecular flexibility index (Phi) is 5.15. The second kappa shape index (κ2) is 7.73. The molecule has 1 fully saturated rings. The Bertz CT molecular complexity index is 1090. The number of benzene rings is 2. The molecular formula is C20H22N4O3S. The van der Waals surface area contributed by atoms with Gasteiger partial charge < -0.3 is 9.88 Å². The molecule has 0 saturated heterocycles. The van der Waals surface area contributed by atoms with Crippen molar-refractivity contribution in [1.82, 2.24) is 19.6 Å². The number of sulfonamides is 1. The Morgan fingerprint density at radius 3 is 2.61 bits per heavy atom. The lowest BCUT2D eigenvalue weighted by Crippen LogP contribution is -2.27. The molecule has 0 atom stereocenters. The normalized spacial score (nSPS) is 14.3. The van der Waals surface area contributed by atoms with E-state index in [1.807, 2.05) is 24.3 Å². The van der Waals surface area contributed by atoms with Crippen LogP contribution in [0.3, 0.4) is 0 Å². The minimum atomic E-state index is -3.49. The number of aromatic nitrogens is 2. The van der Waals surface area contributed by atoms with Crippen molar-refractivity contribution in [1.29, 1.82) is 0 Å². The Morgan fingerprint density at radius 2 is 1.86 bits per heavy atom. The minimum Gasteiger partial charge on any atom is -0.352 e. The largest absolute Gasteiger partial charge is 0.352 e. The smallest absolute Gasteiger partial charge is 0.251 e. The second-order valence-corrected chi connectivity index (χ2v) is 8.67. The van der Waals surface area contributed by atoms with Crippen LogP contribution in [0.15, 0.2) is 59.8 Å². The number of amides is 1. The summed E-state index contributed by atoms with van der Waals surface area (Å²) < 4.78 is 29.0. The van der Waals surface area contributed by atoms with E-state index in [0.29, 0.717) is 12.1 Å². The van der Waals surface area contributed by atoms with E-state index in [1.54, 1.807) is 18.5 Å². The fourth-order valence-electron chi connectivity index (χ4n) is 3.02. The van der Waals surface area contributed by atoms with Gasteiger partial charge in [-0.15, -0.1) is 0 Å². The zero-order valence-electron chi connectivity index (χ0n) is 15.3. The van der Waals surface area contributed by atoms with E-state index in [4.69, 9.17) is 0 Å². The van der Waals surface area contributed by atoms with Gasteiger partial charge in [0, 0.05) is 24.7 Å². The first kappa shape index (κ1) is 18.6. The third-order valence-electron chi connectivity index (χ3n) is 4.71. The lowest BCUT2D eigenvalue weighted by Gasteiger charge is -2.08. The maximum Gasteiger partial charge on any atom is 0.251 e. The first-order chi connectivity index (χ1) is 13.5. The van der Waals surface area contributed by atoms with E-state index >= 15 is 0 Å². The molecule has 8 heteroatoms. The number of aryl methyl sites for hydroxylation is 1. The van der Waals surface area contributed by atoms with Crippen LogP contribution >= 0.6 is 0 Å². The molecule has 0 unspecified atom stereocenters. The van der Waals surface area contributed by atoms with Gasteiger partial charge in [0.2, 0.25) is 10.0 Å². The van der Waals surface area contributed by atoms with Gasteiger partial charge in [0.25, 0.3) is 5.91 Å². The van der Waals surface area contributed by atoms with Crippen LogP contribution in [0.2, 0.25) is 0 Å². The van der Waals surface area contributed by atoms with Crippen molar-refractivity contribution in [3.05, 3.63) is 60.4 Å². The first-order valence-electron chi connectivity index (χ1n) is 9.33. The van der Waals surface area contributed by atoms with E-state index in [9.17, 15) is 13.2 Å². The highest BCUT2D eigenvalue weighted by Gasteiger charge is 2.27. The number of para-hydroxylation sites is 2. The lowest BCUT2D eigenvalue weighted by molar-refractivity contribution is 0.0952. The highest BCUT2D eigenvalue weighted by atomic mass is 32.2. The predicted octanol–water partition coefficient (Wildman–Crippen LogP) is 2.30. The van der Waals surface area contributed by atoms with E-state index in [1.165, 1.54) is 12.1 Å². The average Bonchev–Trinajstić information content (AvgIpc) is 3.41. The molecule has 2 N–H and O–H groups in total. The quantitative estimate of drug-likeness (QED) is 0.570. The molecule has 1 saturated carbocycles. The van der Waals surface area contributed by atoms with Crippen LogP contribution in [-0.2, 0) is 16.6 Å². The third kappa shape index (κ3) is 4.23. The van der Waals surface area contributed by atoms with Crippen molar-refractivity contribution in [3.8, 4) is 0 Å². The second-order valence-electron chi connectivity index (χ2n) is 6.96. The van der Waals surface area contributed by atoms with Gasteiger partial charge in [-0.3, -0.25) is 4.79 Å². The van der Waals surface area contributed by atoms with Gasteiger partial charge in [0.05, 0.1) is 22.3 Å². The maximum atomic E-state index is 12.3. The van der Waals surface area contributed by atoms with E-state index in [-0.39, 0.29) is 16.8 Å². The molecule has 0 bridgehead atoms. The monoisotopic (exact) mass is 398 g/mol. The standard InChI is InChI=1S/C20H22N4O3S/c25-20(15-6-10-17(11-7-15)28(26,27)23-16-8-9-16)21-12-3-13-24-14-22-18-4-1-2-5-19(18)24/h1-2,4-7,10-11,14,16,23H,3,8-9,12-13H2,(H,21,25). The number of rotatable bonds is 8. The van der Waals surface area contributed by atoms with E-state index in [0.717, 1.165) is 36.8 Å². The number of imidazole rings is 1. The molecule has 3 aromatic rings. The molecule has 1 amide bonds. The third-order valence-corrected chi connectivity index (χ3v) is 6.25. The lowest BCUT2D eigenvalue weighted by atomic mass is 10.2. The minimum absolute atomic E-state index is 0.0561. The van der Waals surface area contributed by atoms with Crippen molar-refractivity contribution >= 4 is 27.0 Å². The van der Waals surface area contributed by atoms with Crippen molar-refractivity contribution in [2.75, 3.05) is 6.54 Å². The van der Waals surface area contributed by atoms with Crippen LogP contribution in [0.5, 0.6) is 0 Å². The molecule has 4 rings (SSSR count). The fourth-order valence-corrected chi connectivity index (χ4v) is 4.32. The summed E-state index contributed by atoms with van der Waals surface area (Å²) in [5, 5.41) is 2.87. The molecule has 0 aliphatic heterocycles. The van der Waals surface area contributed by atoms with Crippen LogP contribution in [0.25, 0.3) is 11.0 Å². The summed E-state index contributed by atoms with van der Waals surface area (Å²) in [6.07, 6.45) is 4.34. The topological polar surface area (TPSA) is 93.1 Å². The van der Waals surface area contributed by atoms with Gasteiger partial charge in [-0.1, -0.05) is 12.1 Å². The Morgan fingerprint density at radius 1 is 1.11 bits per heavy atom. The van der Waals surface area contributed by atoms with Gasteiger partial charge in [-0.05, 0) is 55.7 Å². The summed E-state index contributed by atoms with van der Waals surface area (Å²) in [5.74, 6) is -0.213. The summed E-state index contributed by atoms with van der Waals surface area (Å²) >= 11 is 0. The van der Waals surface area contributed by atoms with Crippen LogP contribution < -0.4 is 10.0 Å². The van der Waals surface area contributed by atoms with Gasteiger partial charge in [0.15, 0.2) is 0 Å². The van der Waals surface area contributed by atoms with Crippen molar-refractivity contribution in [2.24, 2.45) is 0 Å². The zero-order valence-corrected chi connectivity index (χ0v) is 16.2. The van der Waals surface area contributed by atoms with Gasteiger partial charge in [0.1, 0.15) is 0 Å². The highest BCUT2D eigenvalue weighted by Crippen LogP contribution is 2.22. The van der Waals surface area contributed by atoms with Gasteiger partial charge >= 0.3 is 0 Å². The van der Waals surface area contributed by atoms with Crippen LogP contribution in [0, 0.1) is 0 Å². The van der Waals surface area contributed by atoms with Crippen molar-refractivity contribution in [2.45, 2.75) is 36.7 Å². The molecule has 28 heavy (non-hydrogen) atoms. The summed E-state index contributed by atoms with van der Waals surface area (Å²) in [4.78, 5) is 16.8. The summed E-state index contributed by atoms with van der Waals surface area (Å²) in [5.41, 5.74) is 2.47. The van der Waals surface area contributed by atoms with Gasteiger partial charge in [-0.25, -0.2) is 18.1 Å². The summed E-state index contributed by atoms with van der Waals surface area (Å²) in [7, 11) is -3.49. The molecule has 1 aliphatic rings. The number of fused-ring (bicyclic) bond motifs is 1. The number of carbonyl (C=O) groups is 1. The number of nitrogens with one attached hydrogen (secondary N) is 2. The van der Waals surface area contributed by atoms with Crippen LogP contribution in [0.1, 0.15) is 29.6 Å². The predicted molar refractivity (Wildman–Crippen MR) is 106 cm³/mol.